The van der Waals surface area contributed by atoms with Gasteiger partial charge in [0.15, 0.2) is 6.54 Å². The van der Waals surface area contributed by atoms with E-state index in [-0.39, 0.29) is 17.9 Å². The molecule has 1 fully saturated rings. The normalized spacial score (nSPS) is 16.6. The first-order chi connectivity index (χ1) is 12.0. The molecule has 1 heterocycles. The number of amides is 2. The Hall–Kier alpha value is -2.40. The molecule has 3 rings (SSSR count). The second-order valence-corrected chi connectivity index (χ2v) is 6.83. The Bertz CT molecular complexity index is 766. The highest BCUT2D eigenvalue weighted by atomic mass is 16.2. The minimum absolute atomic E-state index is 0.0185. The van der Waals surface area contributed by atoms with Gasteiger partial charge in [-0.1, -0.05) is 36.4 Å². The fraction of sp³-hybridized carbons (Fsp3) is 0.400. The van der Waals surface area contributed by atoms with Gasteiger partial charge in [0.05, 0.1) is 32.2 Å². The van der Waals surface area contributed by atoms with Crippen LogP contribution in [0.5, 0.6) is 0 Å². The Morgan fingerprint density at radius 1 is 1.12 bits per heavy atom. The molecule has 0 unspecified atom stereocenters. The van der Waals surface area contributed by atoms with Gasteiger partial charge >= 0.3 is 0 Å². The van der Waals surface area contributed by atoms with Gasteiger partial charge in [0, 0.05) is 6.92 Å². The highest BCUT2D eigenvalue weighted by Gasteiger charge is 2.23. The fourth-order valence-corrected chi connectivity index (χ4v) is 3.39. The molecule has 2 N–H and O–H groups in total. The van der Waals surface area contributed by atoms with Crippen LogP contribution in [0, 0.1) is 0 Å². The zero-order valence-corrected chi connectivity index (χ0v) is 14.9. The smallest absolute Gasteiger partial charge is 0.275 e. The summed E-state index contributed by atoms with van der Waals surface area (Å²) in [6, 6.07) is 14.5. The molecule has 0 radical (unpaired) electrons. The summed E-state index contributed by atoms with van der Waals surface area (Å²) in [6.07, 6.45) is 0. The summed E-state index contributed by atoms with van der Waals surface area (Å²) in [6.45, 7) is 7.21. The van der Waals surface area contributed by atoms with E-state index in [2.05, 4.69) is 35.6 Å². The van der Waals surface area contributed by atoms with Gasteiger partial charge in [-0.2, -0.15) is 0 Å². The van der Waals surface area contributed by atoms with Crippen molar-refractivity contribution in [1.82, 2.24) is 10.2 Å². The zero-order chi connectivity index (χ0) is 17.8. The summed E-state index contributed by atoms with van der Waals surface area (Å²) in [5, 5.41) is 5.50. The number of fused-ring (bicyclic) bond motifs is 1. The Morgan fingerprint density at radius 2 is 1.80 bits per heavy atom. The summed E-state index contributed by atoms with van der Waals surface area (Å²) >= 11 is 0. The molecule has 0 aliphatic carbocycles. The van der Waals surface area contributed by atoms with Crippen molar-refractivity contribution in [3.8, 4) is 0 Å². The summed E-state index contributed by atoms with van der Waals surface area (Å²) < 4.78 is 0. The summed E-state index contributed by atoms with van der Waals surface area (Å²) in [7, 11) is 0. The van der Waals surface area contributed by atoms with Crippen LogP contribution in [-0.4, -0.2) is 49.4 Å². The van der Waals surface area contributed by atoms with Crippen LogP contribution in [0.15, 0.2) is 42.5 Å². The maximum absolute atomic E-state index is 12.4. The summed E-state index contributed by atoms with van der Waals surface area (Å²) in [5.41, 5.74) is 1.11. The van der Waals surface area contributed by atoms with Gasteiger partial charge in [-0.15, -0.1) is 0 Å². The minimum atomic E-state index is -0.0185. The Labute approximate surface area is 148 Å². The first-order valence-corrected chi connectivity index (χ1v) is 8.90. The van der Waals surface area contributed by atoms with Crippen molar-refractivity contribution in [3.63, 3.8) is 0 Å². The molecule has 5 heteroatoms. The third kappa shape index (κ3) is 4.37. The number of quaternary nitrogens is 1. The molecule has 25 heavy (non-hydrogen) atoms. The molecule has 1 aliphatic heterocycles. The molecule has 0 bridgehead atoms. The molecule has 2 aromatic carbocycles. The molecule has 5 nitrogen and oxygen atoms in total. The second-order valence-electron chi connectivity index (χ2n) is 6.83. The number of nitrogens with one attached hydrogen (secondary N) is 2. The lowest BCUT2D eigenvalue weighted by Gasteiger charge is -2.31. The number of rotatable bonds is 4. The molecule has 1 aliphatic rings. The van der Waals surface area contributed by atoms with Crippen LogP contribution < -0.4 is 10.2 Å². The number of benzene rings is 2. The average Bonchev–Trinajstić information content (AvgIpc) is 2.61. The van der Waals surface area contributed by atoms with Gasteiger partial charge in [0.25, 0.3) is 5.91 Å². The molecular formula is C20H26N3O2+. The number of carbonyl (C=O) groups is 2. The van der Waals surface area contributed by atoms with E-state index in [1.54, 1.807) is 6.92 Å². The maximum atomic E-state index is 12.4. The predicted octanol–water partition coefficient (Wildman–Crippen LogP) is 0.764. The van der Waals surface area contributed by atoms with Crippen molar-refractivity contribution >= 4 is 22.6 Å². The molecule has 132 valence electrons. The number of carbonyl (C=O) groups excluding carboxylic acids is 2. The van der Waals surface area contributed by atoms with E-state index in [4.69, 9.17) is 0 Å². The summed E-state index contributed by atoms with van der Waals surface area (Å²) in [5.74, 6) is 0.181. The molecule has 1 atom stereocenters. The monoisotopic (exact) mass is 340 g/mol. The molecule has 0 aromatic heterocycles. The van der Waals surface area contributed by atoms with Gasteiger partial charge < -0.3 is 15.1 Å². The number of hydrogen-bond acceptors (Lipinski definition) is 2. The van der Waals surface area contributed by atoms with Crippen molar-refractivity contribution in [2.45, 2.75) is 19.9 Å². The average molecular weight is 340 g/mol. The quantitative estimate of drug-likeness (QED) is 0.864. The zero-order valence-electron chi connectivity index (χ0n) is 14.9. The Balaban J connectivity index is 1.54. The van der Waals surface area contributed by atoms with Crippen molar-refractivity contribution in [1.29, 1.82) is 0 Å². The predicted molar refractivity (Wildman–Crippen MR) is 98.3 cm³/mol. The van der Waals surface area contributed by atoms with Crippen LogP contribution in [-0.2, 0) is 9.59 Å². The first-order valence-electron chi connectivity index (χ1n) is 8.90. The first kappa shape index (κ1) is 17.4. The van der Waals surface area contributed by atoms with E-state index < -0.39 is 0 Å². The van der Waals surface area contributed by atoms with Crippen molar-refractivity contribution < 1.29 is 14.5 Å². The third-order valence-electron chi connectivity index (χ3n) is 4.98. The van der Waals surface area contributed by atoms with Crippen LogP contribution >= 0.6 is 0 Å². The van der Waals surface area contributed by atoms with Crippen LogP contribution in [0.1, 0.15) is 25.5 Å². The Kier molecular flexibility index (Phi) is 5.34. The van der Waals surface area contributed by atoms with Gasteiger partial charge in [-0.3, -0.25) is 9.59 Å². The van der Waals surface area contributed by atoms with Crippen LogP contribution in [0.2, 0.25) is 0 Å². The van der Waals surface area contributed by atoms with Crippen molar-refractivity contribution in [2.75, 3.05) is 32.7 Å². The van der Waals surface area contributed by atoms with Crippen LogP contribution in [0.25, 0.3) is 10.8 Å². The van der Waals surface area contributed by atoms with E-state index in [0.29, 0.717) is 6.54 Å². The van der Waals surface area contributed by atoms with Crippen LogP contribution in [0.3, 0.4) is 0 Å². The van der Waals surface area contributed by atoms with Gasteiger partial charge in [-0.05, 0) is 29.3 Å². The van der Waals surface area contributed by atoms with Crippen molar-refractivity contribution in [2.24, 2.45) is 0 Å². The number of nitrogens with zero attached hydrogens (tertiary/aromatic N) is 1. The highest BCUT2D eigenvalue weighted by Crippen LogP contribution is 2.20. The Morgan fingerprint density at radius 3 is 2.48 bits per heavy atom. The molecular weight excluding hydrogens is 314 g/mol. The lowest BCUT2D eigenvalue weighted by Crippen LogP contribution is -3.15. The van der Waals surface area contributed by atoms with Gasteiger partial charge in [0.2, 0.25) is 5.91 Å². The number of hydrogen-bond donors (Lipinski definition) is 2. The van der Waals surface area contributed by atoms with Gasteiger partial charge in [0.1, 0.15) is 0 Å². The minimum Gasteiger partial charge on any atom is -0.345 e. The van der Waals surface area contributed by atoms with E-state index in [0.717, 1.165) is 31.7 Å². The molecule has 2 aromatic rings. The largest absolute Gasteiger partial charge is 0.345 e. The highest BCUT2D eigenvalue weighted by molar-refractivity contribution is 5.83. The topological polar surface area (TPSA) is 53.9 Å². The summed E-state index contributed by atoms with van der Waals surface area (Å²) in [4.78, 5) is 26.8. The molecule has 0 saturated carbocycles. The third-order valence-corrected chi connectivity index (χ3v) is 4.98. The maximum Gasteiger partial charge on any atom is 0.275 e. The fourth-order valence-electron chi connectivity index (χ4n) is 3.39. The molecule has 2 amide bonds. The van der Waals surface area contributed by atoms with Crippen molar-refractivity contribution in [3.05, 3.63) is 48.0 Å². The SMILES string of the molecule is CC(=O)N1CC[NH+](CC(=O)N[C@H](C)c2ccc3ccccc3c2)CC1. The molecule has 1 saturated heterocycles. The van der Waals surface area contributed by atoms with Crippen LogP contribution in [0.4, 0.5) is 0 Å². The molecule has 0 spiro atoms. The van der Waals surface area contributed by atoms with E-state index in [1.807, 2.05) is 24.0 Å². The van der Waals surface area contributed by atoms with E-state index >= 15 is 0 Å². The lowest BCUT2D eigenvalue weighted by atomic mass is 10.0. The standard InChI is InChI=1S/C20H25N3O2/c1-15(18-8-7-17-5-3-4-6-19(17)13-18)21-20(25)14-22-9-11-23(12-10-22)16(2)24/h3-8,13,15H,9-12,14H2,1-2H3,(H,21,25)/p+1/t15-/m1/s1. The number of piperazine rings is 1. The van der Waals surface area contributed by atoms with E-state index in [9.17, 15) is 9.59 Å². The second kappa shape index (κ2) is 7.66. The van der Waals surface area contributed by atoms with Gasteiger partial charge in [-0.25, -0.2) is 0 Å². The van der Waals surface area contributed by atoms with E-state index in [1.165, 1.54) is 15.7 Å². The lowest BCUT2D eigenvalue weighted by molar-refractivity contribution is -0.896.